The van der Waals surface area contributed by atoms with Crippen molar-refractivity contribution < 1.29 is 4.74 Å². The third-order valence-electron chi connectivity index (χ3n) is 2.95. The van der Waals surface area contributed by atoms with Crippen molar-refractivity contribution in [2.75, 3.05) is 6.61 Å². The highest BCUT2D eigenvalue weighted by molar-refractivity contribution is 5.19. The molecule has 1 aromatic rings. The molecule has 0 amide bonds. The summed E-state index contributed by atoms with van der Waals surface area (Å²) in [5.41, 5.74) is 0. The van der Waals surface area contributed by atoms with Gasteiger partial charge in [-0.1, -0.05) is 64.0 Å². The van der Waals surface area contributed by atoms with Crippen LogP contribution in [0.4, 0.5) is 0 Å². The van der Waals surface area contributed by atoms with Gasteiger partial charge in [-0.3, -0.25) is 0 Å². The number of benzene rings is 1. The van der Waals surface area contributed by atoms with Crippen LogP contribution in [0.3, 0.4) is 0 Å². The molecule has 0 heterocycles. The summed E-state index contributed by atoms with van der Waals surface area (Å²) in [6, 6.07) is 10.8. The maximum atomic E-state index is 5.62. The zero-order chi connectivity index (χ0) is 12.2. The molecule has 0 bridgehead atoms. The smallest absolute Gasteiger partial charge is 0.119 e. The Morgan fingerprint density at radius 2 is 1.71 bits per heavy atom. The monoisotopic (exact) mass is 233 g/mol. The molecule has 0 fully saturated rings. The van der Waals surface area contributed by atoms with Gasteiger partial charge < -0.3 is 4.74 Å². The molecule has 0 unspecified atom stereocenters. The maximum absolute atomic E-state index is 5.62. The van der Waals surface area contributed by atoms with E-state index in [1.807, 2.05) is 24.3 Å². The molecule has 0 saturated heterocycles. The quantitative estimate of drug-likeness (QED) is 0.516. The van der Waals surface area contributed by atoms with Crippen LogP contribution in [0.1, 0.15) is 58.3 Å². The van der Waals surface area contributed by atoms with Crippen molar-refractivity contribution in [2.45, 2.75) is 58.3 Å². The Balaban J connectivity index is 1.85. The second-order valence-corrected chi connectivity index (χ2v) is 4.56. The minimum absolute atomic E-state index is 0.840. The van der Waals surface area contributed by atoms with Gasteiger partial charge >= 0.3 is 0 Å². The summed E-state index contributed by atoms with van der Waals surface area (Å²) in [6.07, 6.45) is 10.8. The second kappa shape index (κ2) is 10.2. The summed E-state index contributed by atoms with van der Waals surface area (Å²) in [6.45, 7) is 3.10. The Bertz CT molecular complexity index is 255. The van der Waals surface area contributed by atoms with Crippen molar-refractivity contribution in [1.29, 1.82) is 0 Å². The molecule has 0 aromatic heterocycles. The first-order valence-corrected chi connectivity index (χ1v) is 7.02. The number of rotatable bonds is 10. The van der Waals surface area contributed by atoms with Crippen molar-refractivity contribution in [3.8, 4) is 5.75 Å². The summed E-state index contributed by atoms with van der Waals surface area (Å²) in [5, 5.41) is 0. The Morgan fingerprint density at radius 3 is 2.35 bits per heavy atom. The standard InChI is InChI=1S/C16H25O/c1-2-3-4-5-6-7-8-12-15-17-16-13-10-9-11-14-16/h9-10,13-14H,2-8,12,15H2,1H3. The molecule has 0 aliphatic carbocycles. The largest absolute Gasteiger partial charge is 0.494 e. The lowest BCUT2D eigenvalue weighted by Crippen LogP contribution is -1.96. The van der Waals surface area contributed by atoms with E-state index in [0.717, 1.165) is 12.4 Å². The van der Waals surface area contributed by atoms with Crippen LogP contribution in [0.25, 0.3) is 0 Å². The molecule has 1 radical (unpaired) electrons. The molecule has 0 saturated carbocycles. The minimum atomic E-state index is 0.840. The van der Waals surface area contributed by atoms with E-state index >= 15 is 0 Å². The zero-order valence-electron chi connectivity index (χ0n) is 11.1. The predicted octanol–water partition coefficient (Wildman–Crippen LogP) is 5.01. The van der Waals surface area contributed by atoms with Crippen molar-refractivity contribution in [3.05, 3.63) is 30.3 Å². The molecule has 95 valence electrons. The molecular formula is C16H25O. The Morgan fingerprint density at radius 1 is 1.00 bits per heavy atom. The second-order valence-electron chi connectivity index (χ2n) is 4.56. The summed E-state index contributed by atoms with van der Waals surface area (Å²) < 4.78 is 5.62. The van der Waals surface area contributed by atoms with E-state index in [-0.39, 0.29) is 0 Å². The van der Waals surface area contributed by atoms with Crippen LogP contribution in [0.15, 0.2) is 24.3 Å². The zero-order valence-corrected chi connectivity index (χ0v) is 11.1. The van der Waals surface area contributed by atoms with E-state index in [9.17, 15) is 0 Å². The summed E-state index contributed by atoms with van der Waals surface area (Å²) in [5.74, 6) is 0.940. The lowest BCUT2D eigenvalue weighted by Gasteiger charge is -2.05. The van der Waals surface area contributed by atoms with Gasteiger partial charge in [0.1, 0.15) is 5.75 Å². The van der Waals surface area contributed by atoms with Crippen LogP contribution in [-0.4, -0.2) is 6.61 Å². The van der Waals surface area contributed by atoms with E-state index in [1.165, 1.54) is 51.4 Å². The van der Waals surface area contributed by atoms with Gasteiger partial charge in [-0.2, -0.15) is 0 Å². The average molecular weight is 233 g/mol. The van der Waals surface area contributed by atoms with E-state index in [4.69, 9.17) is 4.74 Å². The Hall–Kier alpha value is -0.980. The predicted molar refractivity (Wildman–Crippen MR) is 73.4 cm³/mol. The summed E-state index contributed by atoms with van der Waals surface area (Å²) >= 11 is 0. The lowest BCUT2D eigenvalue weighted by molar-refractivity contribution is 0.304. The first kappa shape index (κ1) is 14.1. The molecule has 0 atom stereocenters. The molecular weight excluding hydrogens is 208 g/mol. The third kappa shape index (κ3) is 7.84. The molecule has 17 heavy (non-hydrogen) atoms. The molecule has 0 aliphatic rings. The molecule has 1 heteroatoms. The van der Waals surface area contributed by atoms with Crippen LogP contribution >= 0.6 is 0 Å². The summed E-state index contributed by atoms with van der Waals surface area (Å²) in [4.78, 5) is 0. The molecule has 0 aliphatic heterocycles. The van der Waals surface area contributed by atoms with E-state index in [2.05, 4.69) is 13.0 Å². The Labute approximate surface area is 106 Å². The van der Waals surface area contributed by atoms with Crippen LogP contribution in [0, 0.1) is 6.07 Å². The van der Waals surface area contributed by atoms with Gasteiger partial charge in [-0.25, -0.2) is 0 Å². The van der Waals surface area contributed by atoms with Gasteiger partial charge in [0.15, 0.2) is 0 Å². The third-order valence-corrected chi connectivity index (χ3v) is 2.95. The maximum Gasteiger partial charge on any atom is 0.119 e. The fourth-order valence-electron chi connectivity index (χ4n) is 1.89. The lowest BCUT2D eigenvalue weighted by atomic mass is 10.1. The fourth-order valence-corrected chi connectivity index (χ4v) is 1.89. The molecule has 1 nitrogen and oxygen atoms in total. The van der Waals surface area contributed by atoms with E-state index in [0.29, 0.717) is 0 Å². The summed E-state index contributed by atoms with van der Waals surface area (Å²) in [7, 11) is 0. The van der Waals surface area contributed by atoms with E-state index < -0.39 is 0 Å². The van der Waals surface area contributed by atoms with Crippen LogP contribution in [-0.2, 0) is 0 Å². The van der Waals surface area contributed by atoms with Gasteiger partial charge in [-0.05, 0) is 24.6 Å². The van der Waals surface area contributed by atoms with Gasteiger partial charge in [0, 0.05) is 0 Å². The molecule has 1 aromatic carbocycles. The Kier molecular flexibility index (Phi) is 8.44. The minimum Gasteiger partial charge on any atom is -0.494 e. The van der Waals surface area contributed by atoms with E-state index in [1.54, 1.807) is 0 Å². The SMILES string of the molecule is CCCCCCCCCCOc1c[c]ccc1. The average Bonchev–Trinajstić information content (AvgIpc) is 2.38. The highest BCUT2D eigenvalue weighted by atomic mass is 16.5. The number of unbranched alkanes of at least 4 members (excludes halogenated alkanes) is 7. The van der Waals surface area contributed by atoms with Crippen LogP contribution in [0.5, 0.6) is 5.75 Å². The van der Waals surface area contributed by atoms with Gasteiger partial charge in [-0.15, -0.1) is 0 Å². The topological polar surface area (TPSA) is 9.23 Å². The number of hydrogen-bond donors (Lipinski definition) is 0. The highest BCUT2D eigenvalue weighted by Gasteiger charge is 1.93. The molecule has 0 spiro atoms. The van der Waals surface area contributed by atoms with Crippen molar-refractivity contribution in [3.63, 3.8) is 0 Å². The van der Waals surface area contributed by atoms with Gasteiger partial charge in [0.05, 0.1) is 6.61 Å². The highest BCUT2D eigenvalue weighted by Crippen LogP contribution is 2.11. The first-order chi connectivity index (χ1) is 8.43. The number of ether oxygens (including phenoxy) is 1. The van der Waals surface area contributed by atoms with Crippen molar-refractivity contribution in [2.24, 2.45) is 0 Å². The van der Waals surface area contributed by atoms with Crippen molar-refractivity contribution >= 4 is 0 Å². The normalized spacial score (nSPS) is 10.4. The molecule has 1 rings (SSSR count). The fraction of sp³-hybridized carbons (Fsp3) is 0.625. The first-order valence-electron chi connectivity index (χ1n) is 7.02. The molecule has 0 N–H and O–H groups in total. The van der Waals surface area contributed by atoms with Crippen LogP contribution < -0.4 is 4.74 Å². The van der Waals surface area contributed by atoms with Crippen molar-refractivity contribution in [1.82, 2.24) is 0 Å². The van der Waals surface area contributed by atoms with Gasteiger partial charge in [0.2, 0.25) is 0 Å². The van der Waals surface area contributed by atoms with Crippen LogP contribution in [0.2, 0.25) is 0 Å². The number of hydrogen-bond acceptors (Lipinski definition) is 1. The van der Waals surface area contributed by atoms with Gasteiger partial charge in [0.25, 0.3) is 0 Å².